The predicted molar refractivity (Wildman–Crippen MR) is 90.9 cm³/mol. The molecule has 2 heterocycles. The summed E-state index contributed by atoms with van der Waals surface area (Å²) >= 11 is 12.0. The van der Waals surface area contributed by atoms with E-state index in [4.69, 9.17) is 27.9 Å². The summed E-state index contributed by atoms with van der Waals surface area (Å²) in [5.74, 6) is 0.759. The summed E-state index contributed by atoms with van der Waals surface area (Å²) in [7, 11) is 0. The minimum absolute atomic E-state index is 0.152. The van der Waals surface area contributed by atoms with Gasteiger partial charge < -0.3 is 4.74 Å². The zero-order chi connectivity index (χ0) is 16.1. The molecular formula is C17H12Cl2N2O2. The largest absolute Gasteiger partial charge is 0.485 e. The molecule has 0 bridgehead atoms. The van der Waals surface area contributed by atoms with Crippen LogP contribution in [0.15, 0.2) is 47.3 Å². The van der Waals surface area contributed by atoms with E-state index in [1.165, 1.54) is 4.68 Å². The molecule has 1 unspecified atom stereocenters. The fourth-order valence-electron chi connectivity index (χ4n) is 2.86. The van der Waals surface area contributed by atoms with Crippen molar-refractivity contribution in [2.45, 2.75) is 13.0 Å². The van der Waals surface area contributed by atoms with Gasteiger partial charge in [-0.25, -0.2) is 4.68 Å². The average Bonchev–Trinajstić information content (AvgIpc) is 2.89. The Morgan fingerprint density at radius 2 is 1.91 bits per heavy atom. The number of para-hydroxylation sites is 1. The average molecular weight is 347 g/mol. The van der Waals surface area contributed by atoms with Crippen molar-refractivity contribution in [3.8, 4) is 22.7 Å². The second kappa shape index (κ2) is 5.18. The van der Waals surface area contributed by atoms with Gasteiger partial charge in [-0.3, -0.25) is 9.89 Å². The first kappa shape index (κ1) is 14.4. The molecule has 116 valence electrons. The van der Waals surface area contributed by atoms with Crippen LogP contribution in [0.2, 0.25) is 10.0 Å². The third kappa shape index (κ3) is 2.18. The number of ether oxygens (including phenoxy) is 1. The Morgan fingerprint density at radius 3 is 2.70 bits per heavy atom. The normalized spacial score (nSPS) is 15.7. The van der Waals surface area contributed by atoms with Crippen LogP contribution in [0.5, 0.6) is 5.75 Å². The van der Waals surface area contributed by atoms with Gasteiger partial charge in [-0.15, -0.1) is 0 Å². The molecule has 1 aliphatic rings. The smallest absolute Gasteiger partial charge is 0.278 e. The number of hydrogen-bond acceptors (Lipinski definition) is 2. The third-order valence-corrected chi connectivity index (χ3v) is 4.69. The van der Waals surface area contributed by atoms with Gasteiger partial charge in [0.1, 0.15) is 11.9 Å². The fourth-order valence-corrected chi connectivity index (χ4v) is 3.16. The lowest BCUT2D eigenvalue weighted by molar-refractivity contribution is 0.222. The maximum atomic E-state index is 12.8. The van der Waals surface area contributed by atoms with E-state index in [9.17, 15) is 4.79 Å². The second-order valence-corrected chi connectivity index (χ2v) is 6.21. The van der Waals surface area contributed by atoms with Gasteiger partial charge >= 0.3 is 0 Å². The number of halogens is 2. The third-order valence-electron chi connectivity index (χ3n) is 3.95. The molecule has 6 heteroatoms. The van der Waals surface area contributed by atoms with Gasteiger partial charge in [-0.2, -0.15) is 0 Å². The van der Waals surface area contributed by atoms with Crippen LogP contribution in [0.3, 0.4) is 0 Å². The molecule has 4 rings (SSSR count). The van der Waals surface area contributed by atoms with Crippen molar-refractivity contribution in [2.75, 3.05) is 0 Å². The van der Waals surface area contributed by atoms with E-state index in [-0.39, 0.29) is 11.7 Å². The Balaban J connectivity index is 1.96. The number of rotatable bonds is 1. The van der Waals surface area contributed by atoms with Gasteiger partial charge in [-0.1, -0.05) is 35.3 Å². The molecule has 0 amide bonds. The number of aromatic amines is 1. The molecule has 4 nitrogen and oxygen atoms in total. The minimum atomic E-state index is -0.326. The molecule has 23 heavy (non-hydrogen) atoms. The van der Waals surface area contributed by atoms with E-state index in [1.54, 1.807) is 18.2 Å². The van der Waals surface area contributed by atoms with Crippen LogP contribution in [0.1, 0.15) is 18.6 Å². The van der Waals surface area contributed by atoms with Crippen molar-refractivity contribution in [1.82, 2.24) is 9.78 Å². The van der Waals surface area contributed by atoms with E-state index < -0.39 is 0 Å². The van der Waals surface area contributed by atoms with Gasteiger partial charge in [0.15, 0.2) is 0 Å². The van der Waals surface area contributed by atoms with Crippen molar-refractivity contribution in [2.24, 2.45) is 0 Å². The molecule has 0 aliphatic carbocycles. The number of nitrogens with one attached hydrogen (secondary N) is 1. The van der Waals surface area contributed by atoms with Crippen molar-refractivity contribution >= 4 is 23.2 Å². The molecule has 3 aromatic rings. The monoisotopic (exact) mass is 346 g/mol. The van der Waals surface area contributed by atoms with Gasteiger partial charge in [0.25, 0.3) is 5.56 Å². The van der Waals surface area contributed by atoms with Crippen LogP contribution < -0.4 is 10.3 Å². The molecule has 1 aliphatic heterocycles. The minimum Gasteiger partial charge on any atom is -0.485 e. The Labute approximate surface area is 142 Å². The summed E-state index contributed by atoms with van der Waals surface area (Å²) in [4.78, 5) is 12.8. The Hall–Kier alpha value is -2.17. The number of fused-ring (bicyclic) bond motifs is 3. The van der Waals surface area contributed by atoms with E-state index in [0.717, 1.165) is 17.0 Å². The van der Waals surface area contributed by atoms with Crippen molar-refractivity contribution in [3.63, 3.8) is 0 Å². The van der Waals surface area contributed by atoms with Gasteiger partial charge in [0, 0.05) is 5.56 Å². The lowest BCUT2D eigenvalue weighted by Gasteiger charge is -2.22. The molecule has 0 fully saturated rings. The summed E-state index contributed by atoms with van der Waals surface area (Å²) in [5, 5.41) is 4.02. The van der Waals surface area contributed by atoms with Crippen LogP contribution in [0.25, 0.3) is 16.9 Å². The number of nitrogens with zero attached hydrogens (tertiary/aromatic N) is 1. The van der Waals surface area contributed by atoms with Crippen LogP contribution >= 0.6 is 23.2 Å². The zero-order valence-corrected chi connectivity index (χ0v) is 13.7. The molecule has 0 spiro atoms. The highest BCUT2D eigenvalue weighted by molar-refractivity contribution is 6.42. The molecule has 1 aromatic heterocycles. The van der Waals surface area contributed by atoms with Crippen LogP contribution in [0, 0.1) is 0 Å². The van der Waals surface area contributed by atoms with Crippen molar-refractivity contribution in [3.05, 3.63) is 68.4 Å². The van der Waals surface area contributed by atoms with Crippen molar-refractivity contribution in [1.29, 1.82) is 0 Å². The second-order valence-electron chi connectivity index (χ2n) is 5.40. The molecule has 1 atom stereocenters. The zero-order valence-electron chi connectivity index (χ0n) is 12.1. The van der Waals surface area contributed by atoms with Crippen LogP contribution in [-0.2, 0) is 0 Å². The van der Waals surface area contributed by atoms with Gasteiger partial charge in [0.2, 0.25) is 0 Å². The van der Waals surface area contributed by atoms with E-state index in [2.05, 4.69) is 5.10 Å². The Morgan fingerprint density at radius 1 is 1.13 bits per heavy atom. The summed E-state index contributed by atoms with van der Waals surface area (Å²) in [6, 6.07) is 12.7. The molecular weight excluding hydrogens is 335 g/mol. The van der Waals surface area contributed by atoms with Crippen LogP contribution in [-0.4, -0.2) is 9.78 Å². The summed E-state index contributed by atoms with van der Waals surface area (Å²) in [5.41, 5.74) is 2.73. The lowest BCUT2D eigenvalue weighted by atomic mass is 10.0. The predicted octanol–water partition coefficient (Wildman–Crippen LogP) is 4.59. The summed E-state index contributed by atoms with van der Waals surface area (Å²) in [6.07, 6.45) is -0.326. The SMILES string of the molecule is CC1Oc2ccccc2-c2[nH]n(-c3ccc(Cl)c(Cl)c3)c(=O)c21. The molecule has 1 N–H and O–H groups in total. The molecule has 0 saturated carbocycles. The quantitative estimate of drug-likeness (QED) is 0.700. The van der Waals surface area contributed by atoms with Gasteiger partial charge in [-0.05, 0) is 37.3 Å². The van der Waals surface area contributed by atoms with E-state index in [1.807, 2.05) is 31.2 Å². The number of H-pyrrole nitrogens is 1. The fraction of sp³-hybridized carbons (Fsp3) is 0.118. The topological polar surface area (TPSA) is 47.0 Å². The molecule has 0 radical (unpaired) electrons. The summed E-state index contributed by atoms with van der Waals surface area (Å²) < 4.78 is 7.32. The van der Waals surface area contributed by atoms with E-state index >= 15 is 0 Å². The number of aromatic nitrogens is 2. The first-order valence-electron chi connectivity index (χ1n) is 7.12. The van der Waals surface area contributed by atoms with E-state index in [0.29, 0.717) is 21.3 Å². The molecule has 0 saturated heterocycles. The standard InChI is InChI=1S/C17H12Cl2N2O2/c1-9-15-16(11-4-2-3-5-14(11)23-9)20-21(17(15)22)10-6-7-12(18)13(19)8-10/h2-9,20H,1H3. The first-order valence-corrected chi connectivity index (χ1v) is 7.88. The number of benzene rings is 2. The molecule has 2 aromatic carbocycles. The summed E-state index contributed by atoms with van der Waals surface area (Å²) in [6.45, 7) is 1.86. The first-order chi connectivity index (χ1) is 11.1. The maximum absolute atomic E-state index is 12.8. The Bertz CT molecular complexity index is 975. The highest BCUT2D eigenvalue weighted by atomic mass is 35.5. The van der Waals surface area contributed by atoms with Crippen LogP contribution in [0.4, 0.5) is 0 Å². The van der Waals surface area contributed by atoms with Gasteiger partial charge in [0.05, 0.1) is 27.0 Å². The maximum Gasteiger partial charge on any atom is 0.278 e. The van der Waals surface area contributed by atoms with Crippen molar-refractivity contribution < 1.29 is 4.74 Å². The highest BCUT2D eigenvalue weighted by Crippen LogP contribution is 2.39. The Kier molecular flexibility index (Phi) is 3.25. The number of hydrogen-bond donors (Lipinski definition) is 1. The highest BCUT2D eigenvalue weighted by Gasteiger charge is 2.29. The lowest BCUT2D eigenvalue weighted by Crippen LogP contribution is -2.21.